The molecule has 0 aromatic heterocycles. The minimum Gasteiger partial charge on any atom is -0.359 e. The largest absolute Gasteiger partial charge is 0.418 e. The van der Waals surface area contributed by atoms with E-state index in [1.165, 1.54) is 14.1 Å². The average Bonchev–Trinajstić information content (AvgIpc) is 2.46. The second kappa shape index (κ2) is 7.30. The van der Waals surface area contributed by atoms with Crippen molar-refractivity contribution in [3.8, 4) is 0 Å². The zero-order valence-electron chi connectivity index (χ0n) is 12.8. The molecule has 0 aliphatic rings. The van der Waals surface area contributed by atoms with Crippen molar-refractivity contribution in [1.82, 2.24) is 10.2 Å². The molecular weight excluding hydrogens is 318 g/mol. The molecule has 0 spiro atoms. The van der Waals surface area contributed by atoms with Crippen molar-refractivity contribution in [2.45, 2.75) is 13.1 Å². The van der Waals surface area contributed by atoms with Crippen LogP contribution in [0.25, 0.3) is 0 Å². The Balaban J connectivity index is 2.87. The maximum atomic E-state index is 13.0. The minimum atomic E-state index is -4.81. The average molecular weight is 335 g/mol. The van der Waals surface area contributed by atoms with Gasteiger partial charge in [-0.1, -0.05) is 6.92 Å². The van der Waals surface area contributed by atoms with Gasteiger partial charge in [-0.25, -0.2) is 9.18 Å². The highest BCUT2D eigenvalue weighted by molar-refractivity contribution is 5.90. The molecule has 1 atom stereocenters. The van der Waals surface area contributed by atoms with Crippen molar-refractivity contribution >= 4 is 17.6 Å². The van der Waals surface area contributed by atoms with Crippen molar-refractivity contribution in [2.75, 3.05) is 26.0 Å². The van der Waals surface area contributed by atoms with Crippen molar-refractivity contribution in [1.29, 1.82) is 0 Å². The van der Waals surface area contributed by atoms with Gasteiger partial charge in [0.15, 0.2) is 0 Å². The second-order valence-corrected chi connectivity index (χ2v) is 5.01. The van der Waals surface area contributed by atoms with E-state index in [4.69, 9.17) is 0 Å². The summed E-state index contributed by atoms with van der Waals surface area (Å²) in [7, 11) is 2.78. The highest BCUT2D eigenvalue weighted by atomic mass is 19.4. The van der Waals surface area contributed by atoms with Crippen LogP contribution in [0, 0.1) is 11.7 Å². The molecule has 0 radical (unpaired) electrons. The van der Waals surface area contributed by atoms with Gasteiger partial charge in [-0.2, -0.15) is 13.2 Å². The van der Waals surface area contributed by atoms with Gasteiger partial charge in [-0.3, -0.25) is 4.79 Å². The van der Waals surface area contributed by atoms with Gasteiger partial charge in [0.2, 0.25) is 5.91 Å². The predicted octanol–water partition coefficient (Wildman–Crippen LogP) is 2.69. The molecule has 0 bridgehead atoms. The third-order valence-corrected chi connectivity index (χ3v) is 3.12. The molecule has 0 fully saturated rings. The van der Waals surface area contributed by atoms with Crippen LogP contribution in [-0.2, 0) is 11.0 Å². The lowest BCUT2D eigenvalue weighted by Gasteiger charge is -2.22. The Morgan fingerprint density at radius 1 is 1.30 bits per heavy atom. The summed E-state index contributed by atoms with van der Waals surface area (Å²) in [4.78, 5) is 24.4. The molecule has 0 heterocycles. The van der Waals surface area contributed by atoms with E-state index in [0.717, 1.165) is 17.0 Å². The highest BCUT2D eigenvalue weighted by Gasteiger charge is 2.34. The summed E-state index contributed by atoms with van der Waals surface area (Å²) in [6.45, 7) is 1.58. The van der Waals surface area contributed by atoms with E-state index in [0.29, 0.717) is 6.07 Å². The van der Waals surface area contributed by atoms with Crippen LogP contribution in [0.5, 0.6) is 0 Å². The summed E-state index contributed by atoms with van der Waals surface area (Å²) < 4.78 is 51.6. The maximum Gasteiger partial charge on any atom is 0.418 e. The molecule has 0 aliphatic heterocycles. The smallest absolute Gasteiger partial charge is 0.359 e. The summed E-state index contributed by atoms with van der Waals surface area (Å²) in [5, 5.41) is 4.48. The zero-order chi connectivity index (χ0) is 17.8. The Morgan fingerprint density at radius 2 is 1.91 bits per heavy atom. The number of nitrogens with one attached hydrogen (secondary N) is 2. The van der Waals surface area contributed by atoms with Gasteiger partial charge in [-0.15, -0.1) is 0 Å². The number of hydrogen-bond donors (Lipinski definition) is 2. The molecule has 5 nitrogen and oxygen atoms in total. The fourth-order valence-corrected chi connectivity index (χ4v) is 1.89. The van der Waals surface area contributed by atoms with E-state index in [1.54, 1.807) is 6.92 Å². The molecule has 0 aliphatic carbocycles. The standard InChI is InChI=1S/C14H17F4N3O2/c1-8(12(22)19-2)7-21(3)13(23)20-11-5-4-9(15)6-10(11)14(16,17)18/h4-6,8H,7H2,1-3H3,(H,19,22)(H,20,23)/t8-/m0/s1. The molecular formula is C14H17F4N3O2. The van der Waals surface area contributed by atoms with Crippen molar-refractivity contribution in [3.05, 3.63) is 29.6 Å². The number of carbonyl (C=O) groups excluding carboxylic acids is 2. The molecule has 23 heavy (non-hydrogen) atoms. The van der Waals surface area contributed by atoms with Gasteiger partial charge < -0.3 is 15.5 Å². The van der Waals surface area contributed by atoms with Crippen LogP contribution in [0.4, 0.5) is 28.0 Å². The Bertz CT molecular complexity index is 590. The molecule has 0 unspecified atom stereocenters. The van der Waals surface area contributed by atoms with Crippen LogP contribution in [0.1, 0.15) is 12.5 Å². The van der Waals surface area contributed by atoms with Crippen molar-refractivity contribution in [2.24, 2.45) is 5.92 Å². The Labute approximate surface area is 130 Å². The lowest BCUT2D eigenvalue weighted by atomic mass is 10.1. The zero-order valence-corrected chi connectivity index (χ0v) is 12.8. The summed E-state index contributed by atoms with van der Waals surface area (Å²) in [6.07, 6.45) is -4.81. The molecule has 2 N–H and O–H groups in total. The number of carbonyl (C=O) groups is 2. The predicted molar refractivity (Wildman–Crippen MR) is 76.3 cm³/mol. The monoisotopic (exact) mass is 335 g/mol. The van der Waals surface area contributed by atoms with E-state index in [1.807, 2.05) is 0 Å². The summed E-state index contributed by atoms with van der Waals surface area (Å²) in [6, 6.07) is 1.13. The van der Waals surface area contributed by atoms with Crippen LogP contribution < -0.4 is 10.6 Å². The van der Waals surface area contributed by atoms with E-state index >= 15 is 0 Å². The second-order valence-electron chi connectivity index (χ2n) is 5.01. The normalized spacial score (nSPS) is 12.5. The molecule has 9 heteroatoms. The van der Waals surface area contributed by atoms with Crippen LogP contribution in [0.3, 0.4) is 0 Å². The summed E-state index contributed by atoms with van der Waals surface area (Å²) in [5.74, 6) is -1.90. The van der Waals surface area contributed by atoms with Crippen molar-refractivity contribution in [3.63, 3.8) is 0 Å². The van der Waals surface area contributed by atoms with Gasteiger partial charge in [-0.05, 0) is 18.2 Å². The first kappa shape index (κ1) is 18.7. The third kappa shape index (κ3) is 5.11. The van der Waals surface area contributed by atoms with Crippen LogP contribution >= 0.6 is 0 Å². The van der Waals surface area contributed by atoms with Gasteiger partial charge in [0, 0.05) is 20.6 Å². The van der Waals surface area contributed by atoms with Crippen LogP contribution in [0.15, 0.2) is 18.2 Å². The third-order valence-electron chi connectivity index (χ3n) is 3.12. The lowest BCUT2D eigenvalue weighted by molar-refractivity contribution is -0.137. The van der Waals surface area contributed by atoms with Gasteiger partial charge in [0.25, 0.3) is 0 Å². The van der Waals surface area contributed by atoms with Gasteiger partial charge in [0.05, 0.1) is 17.2 Å². The molecule has 0 saturated carbocycles. The SMILES string of the molecule is CNC(=O)[C@@H](C)CN(C)C(=O)Nc1ccc(F)cc1C(F)(F)F. The number of nitrogens with zero attached hydrogens (tertiary/aromatic N) is 1. The Kier molecular flexibility index (Phi) is 5.94. The summed E-state index contributed by atoms with van der Waals surface area (Å²) in [5.41, 5.74) is -1.83. The van der Waals surface area contributed by atoms with Crippen LogP contribution in [-0.4, -0.2) is 37.5 Å². The minimum absolute atomic E-state index is 0.00799. The number of alkyl halides is 3. The van der Waals surface area contributed by atoms with Crippen LogP contribution in [0.2, 0.25) is 0 Å². The van der Waals surface area contributed by atoms with E-state index in [-0.39, 0.29) is 12.5 Å². The number of hydrogen-bond acceptors (Lipinski definition) is 2. The maximum absolute atomic E-state index is 13.0. The Hall–Kier alpha value is -2.32. The number of rotatable bonds is 4. The molecule has 1 aromatic carbocycles. The lowest BCUT2D eigenvalue weighted by Crippen LogP contribution is -2.39. The van der Waals surface area contributed by atoms with Gasteiger partial charge >= 0.3 is 12.2 Å². The number of amides is 3. The first-order valence-electron chi connectivity index (χ1n) is 6.66. The van der Waals surface area contributed by atoms with E-state index in [9.17, 15) is 27.2 Å². The quantitative estimate of drug-likeness (QED) is 0.831. The van der Waals surface area contributed by atoms with Gasteiger partial charge in [0.1, 0.15) is 5.82 Å². The Morgan fingerprint density at radius 3 is 2.43 bits per heavy atom. The molecule has 0 saturated heterocycles. The molecule has 3 amide bonds. The fourth-order valence-electron chi connectivity index (χ4n) is 1.89. The number of halogens is 4. The van der Waals surface area contributed by atoms with Crippen molar-refractivity contribution < 1.29 is 27.2 Å². The number of anilines is 1. The number of urea groups is 1. The van der Waals surface area contributed by atoms with E-state index in [2.05, 4.69) is 10.6 Å². The highest BCUT2D eigenvalue weighted by Crippen LogP contribution is 2.35. The first-order valence-corrected chi connectivity index (χ1v) is 6.66. The topological polar surface area (TPSA) is 61.4 Å². The summed E-state index contributed by atoms with van der Waals surface area (Å²) >= 11 is 0. The molecule has 1 aromatic rings. The molecule has 128 valence electrons. The molecule has 1 rings (SSSR count). The fraction of sp³-hybridized carbons (Fsp3) is 0.429. The van der Waals surface area contributed by atoms with E-state index < -0.39 is 35.2 Å². The first-order chi connectivity index (χ1) is 10.6. The number of benzene rings is 1.